The molecular weight excluding hydrogens is 294 g/mol. The highest BCUT2D eigenvalue weighted by molar-refractivity contribution is 5.85. The molecule has 1 fully saturated rings. The number of carbonyl (C=O) groups excluding carboxylic acids is 3. The van der Waals surface area contributed by atoms with Crippen LogP contribution in [0.1, 0.15) is 18.1 Å². The molecule has 0 aromatic heterocycles. The van der Waals surface area contributed by atoms with Crippen LogP contribution in [0.2, 0.25) is 0 Å². The highest BCUT2D eigenvalue weighted by Gasteiger charge is 2.39. The standard InChI is InChI=1S/C17H23N3O3/c1-11-6-4-5-7-13(11)8-16(22)20-9-14(17(23)18-3)15(10-20)19-12(2)21/h4-7,14-15H,8-10H2,1-3H3,(H,18,23)(H,19,21)/t14-,15-/m0/s1. The Bertz CT molecular complexity index is 615. The van der Waals surface area contributed by atoms with Gasteiger partial charge in [-0.05, 0) is 18.1 Å². The summed E-state index contributed by atoms with van der Waals surface area (Å²) < 4.78 is 0. The quantitative estimate of drug-likeness (QED) is 0.835. The average molecular weight is 317 g/mol. The van der Waals surface area contributed by atoms with E-state index in [0.717, 1.165) is 11.1 Å². The fourth-order valence-electron chi connectivity index (χ4n) is 2.95. The lowest BCUT2D eigenvalue weighted by Crippen LogP contribution is -2.44. The van der Waals surface area contributed by atoms with E-state index in [-0.39, 0.29) is 23.8 Å². The van der Waals surface area contributed by atoms with Crippen molar-refractivity contribution in [3.8, 4) is 0 Å². The number of likely N-dealkylation sites (tertiary alicyclic amines) is 1. The summed E-state index contributed by atoms with van der Waals surface area (Å²) in [7, 11) is 1.56. The van der Waals surface area contributed by atoms with Gasteiger partial charge in [0.2, 0.25) is 17.7 Å². The highest BCUT2D eigenvalue weighted by atomic mass is 16.2. The number of hydrogen-bond donors (Lipinski definition) is 2. The van der Waals surface area contributed by atoms with E-state index in [0.29, 0.717) is 19.5 Å². The zero-order valence-electron chi connectivity index (χ0n) is 13.8. The van der Waals surface area contributed by atoms with Crippen LogP contribution in [0, 0.1) is 12.8 Å². The lowest BCUT2D eigenvalue weighted by Gasteiger charge is -2.17. The van der Waals surface area contributed by atoms with Gasteiger partial charge in [-0.1, -0.05) is 24.3 Å². The minimum Gasteiger partial charge on any atom is -0.359 e. The smallest absolute Gasteiger partial charge is 0.227 e. The Kier molecular flexibility index (Phi) is 5.36. The van der Waals surface area contributed by atoms with Gasteiger partial charge in [0.15, 0.2) is 0 Å². The maximum atomic E-state index is 12.5. The first-order valence-electron chi connectivity index (χ1n) is 7.73. The number of carbonyl (C=O) groups is 3. The molecule has 6 heteroatoms. The van der Waals surface area contributed by atoms with Crippen LogP contribution in [-0.4, -0.2) is 48.8 Å². The first kappa shape index (κ1) is 17.0. The Labute approximate surface area is 136 Å². The van der Waals surface area contributed by atoms with Gasteiger partial charge in [0.25, 0.3) is 0 Å². The van der Waals surface area contributed by atoms with E-state index in [1.54, 1.807) is 11.9 Å². The van der Waals surface area contributed by atoms with Crippen LogP contribution in [0.5, 0.6) is 0 Å². The lowest BCUT2D eigenvalue weighted by molar-refractivity contribution is -0.130. The molecule has 0 saturated carbocycles. The van der Waals surface area contributed by atoms with E-state index < -0.39 is 5.92 Å². The molecule has 0 aliphatic carbocycles. The summed E-state index contributed by atoms with van der Waals surface area (Å²) in [4.78, 5) is 37.5. The molecule has 3 amide bonds. The van der Waals surface area contributed by atoms with Crippen LogP contribution in [0.4, 0.5) is 0 Å². The molecule has 1 heterocycles. The molecule has 0 radical (unpaired) electrons. The largest absolute Gasteiger partial charge is 0.359 e. The van der Waals surface area contributed by atoms with Crippen molar-refractivity contribution < 1.29 is 14.4 Å². The third-order valence-electron chi connectivity index (χ3n) is 4.25. The maximum absolute atomic E-state index is 12.5. The van der Waals surface area contributed by atoms with E-state index in [1.165, 1.54) is 6.92 Å². The lowest BCUT2D eigenvalue weighted by atomic mass is 10.0. The molecule has 2 atom stereocenters. The molecule has 1 aliphatic heterocycles. The minimum absolute atomic E-state index is 0.0268. The fraction of sp³-hybridized carbons (Fsp3) is 0.471. The predicted molar refractivity (Wildman–Crippen MR) is 86.6 cm³/mol. The Morgan fingerprint density at radius 3 is 2.52 bits per heavy atom. The number of amides is 3. The van der Waals surface area contributed by atoms with Crippen LogP contribution < -0.4 is 10.6 Å². The maximum Gasteiger partial charge on any atom is 0.227 e. The number of nitrogens with zero attached hydrogens (tertiary/aromatic N) is 1. The zero-order valence-corrected chi connectivity index (χ0v) is 13.8. The van der Waals surface area contributed by atoms with Crippen LogP contribution in [-0.2, 0) is 20.8 Å². The number of nitrogens with one attached hydrogen (secondary N) is 2. The number of benzene rings is 1. The monoisotopic (exact) mass is 317 g/mol. The molecule has 0 bridgehead atoms. The van der Waals surface area contributed by atoms with E-state index >= 15 is 0 Å². The third kappa shape index (κ3) is 4.09. The predicted octanol–water partition coefficient (Wildman–Crippen LogP) is 0.247. The van der Waals surface area contributed by atoms with E-state index in [4.69, 9.17) is 0 Å². The van der Waals surface area contributed by atoms with E-state index in [2.05, 4.69) is 10.6 Å². The number of aryl methyl sites for hydroxylation is 1. The summed E-state index contributed by atoms with van der Waals surface area (Å²) in [6, 6.07) is 7.42. The average Bonchev–Trinajstić information content (AvgIpc) is 2.92. The van der Waals surface area contributed by atoms with E-state index in [1.807, 2.05) is 31.2 Å². The summed E-state index contributed by atoms with van der Waals surface area (Å²) in [5.41, 5.74) is 2.05. The molecule has 124 valence electrons. The van der Waals surface area contributed by atoms with Crippen LogP contribution in [0.15, 0.2) is 24.3 Å². The Morgan fingerprint density at radius 2 is 1.91 bits per heavy atom. The second kappa shape index (κ2) is 7.26. The second-order valence-electron chi connectivity index (χ2n) is 5.93. The van der Waals surface area contributed by atoms with Gasteiger partial charge in [0.05, 0.1) is 18.4 Å². The SMILES string of the molecule is CNC(=O)[C@H]1CN(C(=O)Cc2ccccc2C)C[C@@H]1NC(C)=O. The van der Waals surface area contributed by atoms with E-state index in [9.17, 15) is 14.4 Å². The minimum atomic E-state index is -0.412. The number of rotatable bonds is 4. The molecule has 2 N–H and O–H groups in total. The van der Waals surface area contributed by atoms with Crippen molar-refractivity contribution in [2.75, 3.05) is 20.1 Å². The van der Waals surface area contributed by atoms with Gasteiger partial charge in [-0.3, -0.25) is 14.4 Å². The molecule has 0 unspecified atom stereocenters. The van der Waals surface area contributed by atoms with Gasteiger partial charge in [0.1, 0.15) is 0 Å². The molecule has 1 aliphatic rings. The molecule has 23 heavy (non-hydrogen) atoms. The van der Waals surface area contributed by atoms with Crippen molar-refractivity contribution in [1.82, 2.24) is 15.5 Å². The molecule has 1 aromatic carbocycles. The first-order valence-corrected chi connectivity index (χ1v) is 7.73. The molecule has 1 saturated heterocycles. The Balaban J connectivity index is 2.08. The Morgan fingerprint density at radius 1 is 1.22 bits per heavy atom. The summed E-state index contributed by atoms with van der Waals surface area (Å²) in [5, 5.41) is 5.37. The molecular formula is C17H23N3O3. The summed E-state index contributed by atoms with van der Waals surface area (Å²) >= 11 is 0. The second-order valence-corrected chi connectivity index (χ2v) is 5.93. The Hall–Kier alpha value is -2.37. The number of hydrogen-bond acceptors (Lipinski definition) is 3. The molecule has 0 spiro atoms. The van der Waals surface area contributed by atoms with Gasteiger partial charge in [0, 0.05) is 27.1 Å². The van der Waals surface area contributed by atoms with Crippen molar-refractivity contribution in [2.45, 2.75) is 26.3 Å². The van der Waals surface area contributed by atoms with Crippen molar-refractivity contribution in [1.29, 1.82) is 0 Å². The third-order valence-corrected chi connectivity index (χ3v) is 4.25. The van der Waals surface area contributed by atoms with Gasteiger partial charge in [-0.25, -0.2) is 0 Å². The van der Waals surface area contributed by atoms with Crippen LogP contribution in [0.3, 0.4) is 0 Å². The summed E-state index contributed by atoms with van der Waals surface area (Å²) in [6.45, 7) is 4.08. The van der Waals surface area contributed by atoms with Crippen molar-refractivity contribution in [2.24, 2.45) is 5.92 Å². The summed E-state index contributed by atoms with van der Waals surface area (Å²) in [6.07, 6.45) is 0.305. The topological polar surface area (TPSA) is 78.5 Å². The van der Waals surface area contributed by atoms with Crippen molar-refractivity contribution >= 4 is 17.7 Å². The first-order chi connectivity index (χ1) is 10.9. The van der Waals surface area contributed by atoms with Gasteiger partial charge >= 0.3 is 0 Å². The van der Waals surface area contributed by atoms with Crippen molar-refractivity contribution in [3.05, 3.63) is 35.4 Å². The fourth-order valence-corrected chi connectivity index (χ4v) is 2.95. The zero-order chi connectivity index (χ0) is 17.0. The van der Waals surface area contributed by atoms with Crippen LogP contribution >= 0.6 is 0 Å². The van der Waals surface area contributed by atoms with Crippen LogP contribution in [0.25, 0.3) is 0 Å². The normalized spacial score (nSPS) is 20.2. The highest BCUT2D eigenvalue weighted by Crippen LogP contribution is 2.19. The summed E-state index contributed by atoms with van der Waals surface area (Å²) in [5.74, 6) is -0.794. The van der Waals surface area contributed by atoms with Gasteiger partial charge in [-0.2, -0.15) is 0 Å². The van der Waals surface area contributed by atoms with Gasteiger partial charge < -0.3 is 15.5 Å². The van der Waals surface area contributed by atoms with Crippen molar-refractivity contribution in [3.63, 3.8) is 0 Å². The van der Waals surface area contributed by atoms with Gasteiger partial charge in [-0.15, -0.1) is 0 Å². The molecule has 6 nitrogen and oxygen atoms in total. The molecule has 1 aromatic rings. The molecule has 2 rings (SSSR count).